The predicted molar refractivity (Wildman–Crippen MR) is 130 cm³/mol. The fraction of sp³-hybridized carbons (Fsp3) is 0.107. The lowest BCUT2D eigenvalue weighted by atomic mass is 10.1. The van der Waals surface area contributed by atoms with Crippen LogP contribution in [0.3, 0.4) is 0 Å². The van der Waals surface area contributed by atoms with Crippen LogP contribution in [-0.4, -0.2) is 25.6 Å². The van der Waals surface area contributed by atoms with Crippen LogP contribution in [0, 0.1) is 11.3 Å². The smallest absolute Gasteiger partial charge is 0.343 e. The monoisotopic (exact) mass is 450 g/mol. The van der Waals surface area contributed by atoms with E-state index in [4.69, 9.17) is 10.00 Å². The molecule has 168 valence electrons. The molecule has 0 unspecified atom stereocenters. The van der Waals surface area contributed by atoms with Crippen molar-refractivity contribution in [2.24, 2.45) is 0 Å². The lowest BCUT2D eigenvalue weighted by molar-refractivity contribution is -0.142. The van der Waals surface area contributed by atoms with Crippen molar-refractivity contribution < 1.29 is 19.1 Å². The third kappa shape index (κ3) is 5.22. The van der Waals surface area contributed by atoms with Crippen molar-refractivity contribution >= 4 is 28.3 Å². The normalized spacial score (nSPS) is 10.4. The van der Waals surface area contributed by atoms with Gasteiger partial charge in [0.15, 0.2) is 6.61 Å². The zero-order chi connectivity index (χ0) is 23.9. The average Bonchev–Trinajstić information content (AvgIpc) is 2.90. The molecule has 0 fully saturated rings. The molecule has 0 bridgehead atoms. The summed E-state index contributed by atoms with van der Waals surface area (Å²) < 4.78 is 9.95. The maximum absolute atomic E-state index is 13.6. The van der Waals surface area contributed by atoms with Gasteiger partial charge in [0.05, 0.1) is 25.3 Å². The summed E-state index contributed by atoms with van der Waals surface area (Å²) >= 11 is 0. The molecule has 0 aliphatic carbocycles. The van der Waals surface area contributed by atoms with Gasteiger partial charge in [-0.15, -0.1) is 0 Å². The van der Waals surface area contributed by atoms with E-state index >= 15 is 0 Å². The Morgan fingerprint density at radius 3 is 2.29 bits per heavy atom. The third-order valence-electron chi connectivity index (χ3n) is 5.38. The number of nitriles is 1. The molecule has 6 nitrogen and oxygen atoms in total. The van der Waals surface area contributed by atoms with Gasteiger partial charge >= 0.3 is 5.97 Å². The second-order valence-electron chi connectivity index (χ2n) is 7.62. The largest absolute Gasteiger partial charge is 0.482 e. The lowest BCUT2D eigenvalue weighted by Crippen LogP contribution is -2.30. The topological polar surface area (TPSA) is 79.6 Å². The van der Waals surface area contributed by atoms with Crippen molar-refractivity contribution in [1.29, 1.82) is 5.26 Å². The fourth-order valence-corrected chi connectivity index (χ4v) is 3.57. The fourth-order valence-electron chi connectivity index (χ4n) is 3.57. The Kier molecular flexibility index (Phi) is 6.85. The molecule has 4 aromatic rings. The number of carbonyl (C=O) groups is 2. The number of methoxy groups -OCH3 is 1. The van der Waals surface area contributed by atoms with E-state index in [1.165, 1.54) is 7.11 Å². The summed E-state index contributed by atoms with van der Waals surface area (Å²) in [5.41, 5.74) is 2.82. The lowest BCUT2D eigenvalue weighted by Gasteiger charge is -2.24. The highest BCUT2D eigenvalue weighted by Crippen LogP contribution is 2.26. The van der Waals surface area contributed by atoms with E-state index < -0.39 is 5.97 Å². The van der Waals surface area contributed by atoms with Crippen molar-refractivity contribution in [1.82, 2.24) is 0 Å². The van der Waals surface area contributed by atoms with Gasteiger partial charge in [-0.1, -0.05) is 42.5 Å². The summed E-state index contributed by atoms with van der Waals surface area (Å²) in [5, 5.41) is 11.0. The highest BCUT2D eigenvalue weighted by Gasteiger charge is 2.19. The van der Waals surface area contributed by atoms with Crippen LogP contribution in [0.15, 0.2) is 91.0 Å². The summed E-state index contributed by atoms with van der Waals surface area (Å²) in [5.74, 6) is -0.181. The van der Waals surface area contributed by atoms with Crippen LogP contribution in [0.2, 0.25) is 0 Å². The van der Waals surface area contributed by atoms with E-state index in [0.717, 1.165) is 22.0 Å². The summed E-state index contributed by atoms with van der Waals surface area (Å²) in [7, 11) is 1.30. The number of anilines is 1. The van der Waals surface area contributed by atoms with Gasteiger partial charge in [0.25, 0.3) is 5.91 Å². The van der Waals surface area contributed by atoms with Crippen LogP contribution in [-0.2, 0) is 16.1 Å². The molecule has 4 aromatic carbocycles. The minimum absolute atomic E-state index is 0.170. The molecule has 0 aliphatic rings. The predicted octanol–water partition coefficient (Wildman–Crippen LogP) is 5.11. The van der Waals surface area contributed by atoms with Crippen LogP contribution in [0.4, 0.5) is 5.69 Å². The number of benzene rings is 4. The number of ether oxygens (including phenoxy) is 2. The van der Waals surface area contributed by atoms with E-state index in [2.05, 4.69) is 10.8 Å². The zero-order valence-electron chi connectivity index (χ0n) is 18.6. The first kappa shape index (κ1) is 22.6. The molecule has 6 heteroatoms. The second-order valence-corrected chi connectivity index (χ2v) is 7.62. The molecule has 0 aliphatic heterocycles. The van der Waals surface area contributed by atoms with Gasteiger partial charge in [-0.25, -0.2) is 4.79 Å². The Hall–Kier alpha value is -4.63. The zero-order valence-corrected chi connectivity index (χ0v) is 18.6. The van der Waals surface area contributed by atoms with E-state index in [9.17, 15) is 9.59 Å². The van der Waals surface area contributed by atoms with Crippen LogP contribution in [0.1, 0.15) is 21.5 Å². The first-order valence-electron chi connectivity index (χ1n) is 10.7. The average molecular weight is 450 g/mol. The number of hydrogen-bond acceptors (Lipinski definition) is 5. The first-order valence-corrected chi connectivity index (χ1v) is 10.7. The van der Waals surface area contributed by atoms with E-state index in [0.29, 0.717) is 23.4 Å². The van der Waals surface area contributed by atoms with E-state index in [-0.39, 0.29) is 12.5 Å². The standard InChI is InChI=1S/C28H22N2O4/c1-33-27(31)19-34-26-13-10-22(11-14-26)28(32)30(18-20-5-3-2-4-6-20)25-12-9-23-15-21(17-29)7-8-24(23)16-25/h2-16H,18-19H2,1H3. The van der Waals surface area contributed by atoms with Gasteiger partial charge in [0.1, 0.15) is 5.75 Å². The molecule has 1 amide bonds. The molecule has 0 N–H and O–H groups in total. The first-order chi connectivity index (χ1) is 16.6. The Labute approximate surface area is 197 Å². The minimum Gasteiger partial charge on any atom is -0.482 e. The minimum atomic E-state index is -0.479. The molecular formula is C28H22N2O4. The van der Waals surface area contributed by atoms with Crippen LogP contribution in [0.25, 0.3) is 10.8 Å². The Morgan fingerprint density at radius 1 is 0.882 bits per heavy atom. The number of esters is 1. The summed E-state index contributed by atoms with van der Waals surface area (Å²) in [4.78, 5) is 26.6. The number of carbonyl (C=O) groups excluding carboxylic acids is 2. The molecule has 0 radical (unpaired) electrons. The molecular weight excluding hydrogens is 428 g/mol. The maximum Gasteiger partial charge on any atom is 0.343 e. The van der Waals surface area contributed by atoms with Crippen LogP contribution in [0.5, 0.6) is 5.75 Å². The second kappa shape index (κ2) is 10.3. The summed E-state index contributed by atoms with van der Waals surface area (Å²) in [6, 6.07) is 29.8. The number of nitrogens with zero attached hydrogens (tertiary/aromatic N) is 2. The van der Waals surface area contributed by atoms with Gasteiger partial charge < -0.3 is 14.4 Å². The van der Waals surface area contributed by atoms with Gasteiger partial charge in [0.2, 0.25) is 0 Å². The summed E-state index contributed by atoms with van der Waals surface area (Å²) in [6.45, 7) is 0.191. The number of amides is 1. The SMILES string of the molecule is COC(=O)COc1ccc(C(=O)N(Cc2ccccc2)c2ccc3cc(C#N)ccc3c2)cc1. The number of hydrogen-bond donors (Lipinski definition) is 0. The molecule has 0 atom stereocenters. The van der Waals surface area contributed by atoms with Crippen LogP contribution < -0.4 is 9.64 Å². The van der Waals surface area contributed by atoms with Crippen molar-refractivity contribution in [3.05, 3.63) is 108 Å². The quantitative estimate of drug-likeness (QED) is 0.366. The highest BCUT2D eigenvalue weighted by molar-refractivity contribution is 6.07. The van der Waals surface area contributed by atoms with Crippen molar-refractivity contribution in [2.75, 3.05) is 18.6 Å². The Morgan fingerprint density at radius 2 is 1.59 bits per heavy atom. The maximum atomic E-state index is 13.6. The Balaban J connectivity index is 1.64. The molecule has 0 aromatic heterocycles. The molecule has 0 saturated heterocycles. The Bertz CT molecular complexity index is 1360. The van der Waals surface area contributed by atoms with Gasteiger partial charge in [-0.05, 0) is 64.9 Å². The van der Waals surface area contributed by atoms with Crippen molar-refractivity contribution in [2.45, 2.75) is 6.54 Å². The van der Waals surface area contributed by atoms with E-state index in [1.54, 1.807) is 35.2 Å². The number of rotatable bonds is 7. The van der Waals surface area contributed by atoms with Crippen molar-refractivity contribution in [3.8, 4) is 11.8 Å². The summed E-state index contributed by atoms with van der Waals surface area (Å²) in [6.07, 6.45) is 0. The van der Waals surface area contributed by atoms with Gasteiger partial charge in [-0.2, -0.15) is 5.26 Å². The molecule has 4 rings (SSSR count). The van der Waals surface area contributed by atoms with Crippen molar-refractivity contribution in [3.63, 3.8) is 0 Å². The van der Waals surface area contributed by atoms with Crippen LogP contribution >= 0.6 is 0 Å². The van der Waals surface area contributed by atoms with Gasteiger partial charge in [0, 0.05) is 11.3 Å². The molecule has 0 spiro atoms. The highest BCUT2D eigenvalue weighted by atomic mass is 16.6. The van der Waals surface area contributed by atoms with Gasteiger partial charge in [-0.3, -0.25) is 4.79 Å². The number of fused-ring (bicyclic) bond motifs is 1. The van der Waals surface area contributed by atoms with E-state index in [1.807, 2.05) is 60.7 Å². The molecule has 34 heavy (non-hydrogen) atoms. The third-order valence-corrected chi connectivity index (χ3v) is 5.38. The molecule has 0 saturated carbocycles. The molecule has 0 heterocycles.